The zero-order valence-electron chi connectivity index (χ0n) is 17.7. The third kappa shape index (κ3) is 5.07. The molecule has 0 saturated heterocycles. The number of benzene rings is 2. The van der Waals surface area contributed by atoms with Gasteiger partial charge in [0.25, 0.3) is 0 Å². The number of hydrogen-bond acceptors (Lipinski definition) is 4. The van der Waals surface area contributed by atoms with Crippen LogP contribution >= 0.6 is 34.5 Å². The molecule has 0 spiro atoms. The second kappa shape index (κ2) is 9.58. The molecule has 5 nitrogen and oxygen atoms in total. The Morgan fingerprint density at radius 3 is 2.47 bits per heavy atom. The van der Waals surface area contributed by atoms with Crippen LogP contribution in [0.2, 0.25) is 10.0 Å². The summed E-state index contributed by atoms with van der Waals surface area (Å²) in [5.74, 6) is 0.00322. The van der Waals surface area contributed by atoms with E-state index in [9.17, 15) is 23.1 Å². The van der Waals surface area contributed by atoms with Crippen molar-refractivity contribution in [3.05, 3.63) is 85.6 Å². The molecule has 0 bridgehead atoms. The van der Waals surface area contributed by atoms with Gasteiger partial charge in [-0.15, -0.1) is 16.4 Å². The lowest BCUT2D eigenvalue weighted by atomic mass is 10.1. The highest BCUT2D eigenvalue weighted by molar-refractivity contribution is 7.15. The van der Waals surface area contributed by atoms with Crippen molar-refractivity contribution in [2.75, 3.05) is 0 Å². The van der Waals surface area contributed by atoms with Crippen LogP contribution in [0.3, 0.4) is 0 Å². The second-order valence-electron chi connectivity index (χ2n) is 7.64. The summed E-state index contributed by atoms with van der Waals surface area (Å²) in [6.45, 7) is 0.970. The fourth-order valence-electron chi connectivity index (χ4n) is 3.39. The number of aromatic nitrogens is 3. The molecule has 2 heterocycles. The van der Waals surface area contributed by atoms with Gasteiger partial charge < -0.3 is 5.11 Å². The minimum atomic E-state index is -4.88. The Hall–Kier alpha value is -2.59. The monoisotopic (exact) mass is 527 g/mol. The first-order valence-electron chi connectivity index (χ1n) is 10.1. The molecule has 0 amide bonds. The predicted octanol–water partition coefficient (Wildman–Crippen LogP) is 6.03. The zero-order chi connectivity index (χ0) is 24.6. The summed E-state index contributed by atoms with van der Waals surface area (Å²) in [6.07, 6.45) is -7.60. The van der Waals surface area contributed by atoms with Gasteiger partial charge in [-0.05, 0) is 48.9 Å². The maximum atomic E-state index is 13.0. The first-order valence-corrected chi connectivity index (χ1v) is 11.6. The Kier molecular flexibility index (Phi) is 6.91. The molecule has 11 heteroatoms. The van der Waals surface area contributed by atoms with Gasteiger partial charge in [0.2, 0.25) is 0 Å². The number of alkyl halides is 3. The van der Waals surface area contributed by atoms with E-state index in [4.69, 9.17) is 23.2 Å². The van der Waals surface area contributed by atoms with Crippen LogP contribution in [-0.4, -0.2) is 31.7 Å². The topological polar surface area (TPSA) is 60.1 Å². The number of aliphatic hydroxyl groups excluding tert-OH is 1. The van der Waals surface area contributed by atoms with Crippen molar-refractivity contribution in [3.63, 3.8) is 0 Å². The van der Waals surface area contributed by atoms with Crippen molar-refractivity contribution in [2.24, 2.45) is 0 Å². The first kappa shape index (κ1) is 24.5. The van der Waals surface area contributed by atoms with Crippen LogP contribution in [0.5, 0.6) is 0 Å². The summed E-state index contributed by atoms with van der Waals surface area (Å²) >= 11 is 13.7. The first-order chi connectivity index (χ1) is 16.0. The average molecular weight is 528 g/mol. The Labute approximate surface area is 206 Å². The van der Waals surface area contributed by atoms with Crippen LogP contribution in [0, 0.1) is 6.92 Å². The molecule has 4 rings (SSSR count). The molecule has 2 aromatic heterocycles. The molecule has 0 aliphatic carbocycles. The van der Waals surface area contributed by atoms with Crippen LogP contribution in [0.1, 0.15) is 10.4 Å². The number of aryl methyl sites for hydroxylation is 1. The van der Waals surface area contributed by atoms with Crippen LogP contribution in [0.25, 0.3) is 21.8 Å². The SMILES string of the molecule is Cc1cccc(-c2ccc(Cn3nc(-c4ccc(Cl)cc4)n(C[C@H](O)C(F)(F)F)c3=O)s2)c1Cl. The van der Waals surface area contributed by atoms with E-state index < -0.39 is 24.5 Å². The fraction of sp³-hybridized carbons (Fsp3) is 0.217. The predicted molar refractivity (Wildman–Crippen MR) is 128 cm³/mol. The summed E-state index contributed by atoms with van der Waals surface area (Å²) < 4.78 is 40.9. The Balaban J connectivity index is 1.71. The van der Waals surface area contributed by atoms with E-state index in [0.717, 1.165) is 30.1 Å². The highest BCUT2D eigenvalue weighted by Crippen LogP contribution is 2.35. The Bertz CT molecular complexity index is 1380. The molecule has 0 saturated carbocycles. The van der Waals surface area contributed by atoms with E-state index in [2.05, 4.69) is 5.10 Å². The maximum absolute atomic E-state index is 13.0. The van der Waals surface area contributed by atoms with E-state index in [-0.39, 0.29) is 12.4 Å². The van der Waals surface area contributed by atoms with Gasteiger partial charge in [0.05, 0.1) is 18.1 Å². The number of thiophene rings is 1. The van der Waals surface area contributed by atoms with Crippen molar-refractivity contribution < 1.29 is 18.3 Å². The second-order valence-corrected chi connectivity index (χ2v) is 9.62. The van der Waals surface area contributed by atoms with Crippen molar-refractivity contribution in [3.8, 4) is 21.8 Å². The fourth-order valence-corrected chi connectivity index (χ4v) is 4.82. The van der Waals surface area contributed by atoms with E-state index in [1.165, 1.54) is 11.3 Å². The average Bonchev–Trinajstić information content (AvgIpc) is 3.36. The third-order valence-electron chi connectivity index (χ3n) is 5.18. The Morgan fingerprint density at radius 2 is 1.79 bits per heavy atom. The lowest BCUT2D eigenvalue weighted by Gasteiger charge is -2.15. The highest BCUT2D eigenvalue weighted by atomic mass is 35.5. The van der Waals surface area contributed by atoms with Gasteiger partial charge in [0, 0.05) is 25.9 Å². The number of nitrogens with zero attached hydrogens (tertiary/aromatic N) is 3. The largest absolute Gasteiger partial charge is 0.416 e. The third-order valence-corrected chi connectivity index (χ3v) is 7.04. The smallest absolute Gasteiger partial charge is 0.382 e. The normalized spacial score (nSPS) is 12.8. The van der Waals surface area contributed by atoms with Gasteiger partial charge in [-0.25, -0.2) is 9.48 Å². The van der Waals surface area contributed by atoms with Gasteiger partial charge in [0.1, 0.15) is 0 Å². The highest BCUT2D eigenvalue weighted by Gasteiger charge is 2.39. The van der Waals surface area contributed by atoms with Gasteiger partial charge >= 0.3 is 11.9 Å². The van der Waals surface area contributed by atoms with Gasteiger partial charge in [-0.2, -0.15) is 13.2 Å². The molecule has 0 aliphatic rings. The van der Waals surface area contributed by atoms with Crippen LogP contribution in [-0.2, 0) is 13.1 Å². The molecule has 178 valence electrons. The molecule has 0 radical (unpaired) electrons. The molecular formula is C23H18Cl2F3N3O2S. The molecule has 2 aromatic carbocycles. The van der Waals surface area contributed by atoms with E-state index >= 15 is 0 Å². The van der Waals surface area contributed by atoms with E-state index in [1.807, 2.05) is 37.3 Å². The molecule has 0 fully saturated rings. The van der Waals surface area contributed by atoms with Crippen molar-refractivity contribution in [2.45, 2.75) is 32.3 Å². The van der Waals surface area contributed by atoms with Crippen molar-refractivity contribution >= 4 is 34.5 Å². The van der Waals surface area contributed by atoms with E-state index in [0.29, 0.717) is 15.6 Å². The number of hydrogen-bond donors (Lipinski definition) is 1. The van der Waals surface area contributed by atoms with E-state index in [1.54, 1.807) is 24.3 Å². The summed E-state index contributed by atoms with van der Waals surface area (Å²) in [5, 5.41) is 14.9. The molecule has 0 aliphatic heterocycles. The summed E-state index contributed by atoms with van der Waals surface area (Å²) in [4.78, 5) is 14.7. The summed E-state index contributed by atoms with van der Waals surface area (Å²) in [5.41, 5.74) is 1.41. The van der Waals surface area contributed by atoms with Crippen LogP contribution < -0.4 is 5.69 Å². The number of halogens is 5. The quantitative estimate of drug-likeness (QED) is 0.333. The molecular weight excluding hydrogens is 510 g/mol. The molecule has 1 atom stereocenters. The van der Waals surface area contributed by atoms with Crippen LogP contribution in [0.15, 0.2) is 59.4 Å². The summed E-state index contributed by atoms with van der Waals surface area (Å²) in [7, 11) is 0. The van der Waals surface area contributed by atoms with Crippen molar-refractivity contribution in [1.82, 2.24) is 14.3 Å². The summed E-state index contributed by atoms with van der Waals surface area (Å²) in [6, 6.07) is 15.6. The van der Waals surface area contributed by atoms with Gasteiger partial charge in [-0.1, -0.05) is 41.4 Å². The standard InChI is InChI=1S/C23H18Cl2F3N3O2S/c1-13-3-2-4-17(20(13)25)18-10-9-16(34-18)11-31-22(33)30(12-19(32)23(26,27)28)21(29-31)14-5-7-15(24)8-6-14/h2-10,19,32H,11-12H2,1H3/t19-/m0/s1. The molecule has 4 aromatic rings. The van der Waals surface area contributed by atoms with Crippen LogP contribution in [0.4, 0.5) is 13.2 Å². The number of aliphatic hydroxyl groups is 1. The molecule has 34 heavy (non-hydrogen) atoms. The Morgan fingerprint density at radius 1 is 1.09 bits per heavy atom. The number of rotatable bonds is 6. The lowest BCUT2D eigenvalue weighted by Crippen LogP contribution is -2.37. The van der Waals surface area contributed by atoms with Crippen molar-refractivity contribution in [1.29, 1.82) is 0 Å². The minimum Gasteiger partial charge on any atom is -0.382 e. The van der Waals surface area contributed by atoms with Gasteiger partial charge in [0.15, 0.2) is 11.9 Å². The molecule has 0 unspecified atom stereocenters. The maximum Gasteiger partial charge on any atom is 0.416 e. The zero-order valence-corrected chi connectivity index (χ0v) is 20.0. The lowest BCUT2D eigenvalue weighted by molar-refractivity contribution is -0.207. The van der Waals surface area contributed by atoms with Gasteiger partial charge in [-0.3, -0.25) is 4.57 Å². The minimum absolute atomic E-state index is 0.00322. The molecule has 1 N–H and O–H groups in total.